The van der Waals surface area contributed by atoms with E-state index in [4.69, 9.17) is 47.0 Å². The molecule has 10 rings (SSSR count). The molecule has 1 aromatic heterocycles. The van der Waals surface area contributed by atoms with Crippen LogP contribution >= 0.6 is 0 Å². The molecular formula is C49H72O18. The zero-order valence-electron chi connectivity index (χ0n) is 39.1. The van der Waals surface area contributed by atoms with Crippen LogP contribution in [-0.2, 0) is 42.6 Å². The molecule has 18 nitrogen and oxygen atoms in total. The van der Waals surface area contributed by atoms with Crippen LogP contribution in [0.25, 0.3) is 0 Å². The molecule has 8 unspecified atom stereocenters. The highest BCUT2D eigenvalue weighted by Gasteiger charge is 2.69. The van der Waals surface area contributed by atoms with Gasteiger partial charge in [-0.2, -0.15) is 0 Å². The summed E-state index contributed by atoms with van der Waals surface area (Å²) < 4.78 is 60.7. The largest absolute Gasteiger partial charge is 0.457 e. The molecule has 7 N–H and O–H groups in total. The first-order valence-corrected chi connectivity index (χ1v) is 24.8. The molecule has 0 radical (unpaired) electrons. The van der Waals surface area contributed by atoms with E-state index in [0.29, 0.717) is 48.3 Å². The van der Waals surface area contributed by atoms with E-state index in [0.717, 1.165) is 51.6 Å². The van der Waals surface area contributed by atoms with Gasteiger partial charge in [-0.25, -0.2) is 4.79 Å². The number of carbonyl (C=O) groups excluding carboxylic acids is 1. The van der Waals surface area contributed by atoms with Gasteiger partial charge in [0.05, 0.1) is 37.8 Å². The average Bonchev–Trinajstić information content (AvgIpc) is 4.08. The Morgan fingerprint density at radius 2 is 1.54 bits per heavy atom. The summed E-state index contributed by atoms with van der Waals surface area (Å²) in [7, 11) is 0. The van der Waals surface area contributed by atoms with Crippen LogP contribution in [0.5, 0.6) is 0 Å². The Kier molecular flexibility index (Phi) is 13.4. The molecule has 0 bridgehead atoms. The third-order valence-electron chi connectivity index (χ3n) is 18.3. The summed E-state index contributed by atoms with van der Waals surface area (Å²) in [6.07, 6.45) is -8.51. The minimum atomic E-state index is -1.73. The summed E-state index contributed by atoms with van der Waals surface area (Å²) in [5.74, 6) is 1.66. The molecule has 1 aromatic rings. The van der Waals surface area contributed by atoms with Gasteiger partial charge >= 0.3 is 5.97 Å². The lowest BCUT2D eigenvalue weighted by Gasteiger charge is -2.58. The van der Waals surface area contributed by atoms with Gasteiger partial charge in [0.25, 0.3) is 0 Å². The number of aliphatic hydroxyl groups excluding tert-OH is 7. The topological polar surface area (TPSA) is 255 Å². The predicted octanol–water partition coefficient (Wildman–Crippen LogP) is 2.31. The number of allylic oxidation sites excluding steroid dienone is 1. The maximum atomic E-state index is 12.4. The second kappa shape index (κ2) is 18.5. The molecule has 25 atom stereocenters. The van der Waals surface area contributed by atoms with Crippen LogP contribution < -0.4 is 0 Å². The van der Waals surface area contributed by atoms with Gasteiger partial charge in [-0.1, -0.05) is 39.3 Å². The van der Waals surface area contributed by atoms with Crippen LogP contribution in [0.2, 0.25) is 0 Å². The van der Waals surface area contributed by atoms with Crippen molar-refractivity contribution in [2.24, 2.45) is 46.3 Å². The van der Waals surface area contributed by atoms with Crippen LogP contribution in [0.1, 0.15) is 103 Å². The lowest BCUT2D eigenvalue weighted by Crippen LogP contribution is -2.65. The minimum Gasteiger partial charge on any atom is -0.457 e. The molecular weight excluding hydrogens is 877 g/mol. The van der Waals surface area contributed by atoms with Gasteiger partial charge in [0, 0.05) is 12.3 Å². The summed E-state index contributed by atoms with van der Waals surface area (Å²) in [5.41, 5.74) is 1.48. The second-order valence-corrected chi connectivity index (χ2v) is 22.0. The fourth-order valence-corrected chi connectivity index (χ4v) is 14.4. The zero-order chi connectivity index (χ0) is 47.3. The van der Waals surface area contributed by atoms with Crippen molar-refractivity contribution in [3.05, 3.63) is 35.8 Å². The van der Waals surface area contributed by atoms with Crippen molar-refractivity contribution >= 4 is 5.97 Å². The summed E-state index contributed by atoms with van der Waals surface area (Å²) in [6, 6.07) is 2.91. The fourth-order valence-electron chi connectivity index (χ4n) is 14.4. The molecule has 18 heteroatoms. The number of esters is 1. The van der Waals surface area contributed by atoms with E-state index in [9.17, 15) is 40.5 Å². The van der Waals surface area contributed by atoms with Gasteiger partial charge in [0.1, 0.15) is 67.6 Å². The molecule has 6 heterocycles. The molecule has 1 spiro atoms. The van der Waals surface area contributed by atoms with Crippen molar-refractivity contribution in [2.75, 3.05) is 19.8 Å². The number of aliphatic hydroxyl groups is 7. The number of rotatable bonds is 10. The first-order chi connectivity index (χ1) is 32.0. The van der Waals surface area contributed by atoms with E-state index in [2.05, 4.69) is 33.8 Å². The molecule has 4 aliphatic carbocycles. The number of hydrogen-bond acceptors (Lipinski definition) is 18. The van der Waals surface area contributed by atoms with Crippen molar-refractivity contribution in [3.8, 4) is 0 Å². The van der Waals surface area contributed by atoms with E-state index in [1.807, 2.05) is 0 Å². The first-order valence-electron chi connectivity index (χ1n) is 24.8. The zero-order valence-corrected chi connectivity index (χ0v) is 39.1. The van der Waals surface area contributed by atoms with Crippen LogP contribution in [-0.4, -0.2) is 166 Å². The van der Waals surface area contributed by atoms with E-state index in [-0.39, 0.29) is 28.8 Å². The Balaban J connectivity index is 0.835. The fraction of sp³-hybridized carbons (Fsp3) is 0.857. The van der Waals surface area contributed by atoms with Gasteiger partial charge in [0.2, 0.25) is 5.76 Å². The van der Waals surface area contributed by atoms with Crippen LogP contribution in [0.3, 0.4) is 0 Å². The van der Waals surface area contributed by atoms with E-state index in [1.165, 1.54) is 30.9 Å². The van der Waals surface area contributed by atoms with Crippen LogP contribution in [0, 0.1) is 46.3 Å². The molecule has 3 saturated carbocycles. The van der Waals surface area contributed by atoms with Crippen molar-refractivity contribution < 1.29 is 87.6 Å². The molecule has 5 aliphatic heterocycles. The number of hydrogen-bond donors (Lipinski definition) is 7. The average molecular weight is 949 g/mol. The van der Waals surface area contributed by atoms with E-state index < -0.39 is 111 Å². The normalized spacial score (nSPS) is 52.8. The maximum absolute atomic E-state index is 12.4. The van der Waals surface area contributed by atoms with E-state index >= 15 is 0 Å². The summed E-state index contributed by atoms with van der Waals surface area (Å²) in [6.45, 7) is 10.7. The second-order valence-electron chi connectivity index (χ2n) is 22.0. The summed E-state index contributed by atoms with van der Waals surface area (Å²) in [4.78, 5) is 12.4. The van der Waals surface area contributed by atoms with Gasteiger partial charge in [0.15, 0.2) is 24.7 Å². The molecule has 9 aliphatic rings. The Bertz CT molecular complexity index is 1920. The van der Waals surface area contributed by atoms with Crippen LogP contribution in [0.15, 0.2) is 34.5 Å². The van der Waals surface area contributed by atoms with Crippen LogP contribution in [0.4, 0.5) is 0 Å². The highest BCUT2D eigenvalue weighted by atomic mass is 16.8. The standard InChI is InChI=1S/C49H72O18/c1-22-10-15-49(60-20-22)23(2)34-31(67-49)18-29-27-9-8-25-17-26(11-13-47(25,4)28(27)12-14-48(29,34)5)62-46-42(66-44-39(55)37(53)35(51)24(3)61-44)40(56)41(32(19-50)63-46)65-45-38(54)36(52)33(64-45)21-59-43(57)30-7-6-16-58-30/h6-8,16,22-24,26-29,31-42,44-46,50-56H,9-15,17-21H2,1-5H3/t22-,23?,24+,26+,27?,28?,29?,31?,32-,33+,34?,35+,36+,37-,38-,39-,40+,41-,42-,44?,45?,46-,47+,48+,49-/m1/s1. The number of fused-ring (bicyclic) bond motifs is 7. The van der Waals surface area contributed by atoms with Gasteiger partial charge in [-0.15, -0.1) is 0 Å². The third kappa shape index (κ3) is 8.28. The lowest BCUT2D eigenvalue weighted by atomic mass is 9.47. The molecule has 376 valence electrons. The number of ether oxygens (including phenoxy) is 9. The summed E-state index contributed by atoms with van der Waals surface area (Å²) in [5, 5.41) is 76.7. The van der Waals surface area contributed by atoms with E-state index in [1.54, 1.807) is 0 Å². The Morgan fingerprint density at radius 1 is 0.791 bits per heavy atom. The maximum Gasteiger partial charge on any atom is 0.374 e. The van der Waals surface area contributed by atoms with Crippen molar-refractivity contribution in [3.63, 3.8) is 0 Å². The Labute approximate surface area is 391 Å². The molecule has 0 amide bonds. The monoisotopic (exact) mass is 948 g/mol. The quantitative estimate of drug-likeness (QED) is 0.131. The van der Waals surface area contributed by atoms with Crippen molar-refractivity contribution in [1.29, 1.82) is 0 Å². The minimum absolute atomic E-state index is 0.0394. The molecule has 8 fully saturated rings. The van der Waals surface area contributed by atoms with Gasteiger partial charge < -0.3 is 82.8 Å². The number of carbonyl (C=O) groups is 1. The first kappa shape index (κ1) is 48.5. The predicted molar refractivity (Wildman–Crippen MR) is 230 cm³/mol. The lowest BCUT2D eigenvalue weighted by molar-refractivity contribution is -0.380. The van der Waals surface area contributed by atoms with Gasteiger partial charge in [-0.05, 0) is 111 Å². The Morgan fingerprint density at radius 3 is 2.27 bits per heavy atom. The molecule has 0 aromatic carbocycles. The molecule has 67 heavy (non-hydrogen) atoms. The Hall–Kier alpha value is -2.11. The van der Waals surface area contributed by atoms with Crippen molar-refractivity contribution in [2.45, 2.75) is 196 Å². The highest BCUT2D eigenvalue weighted by Crippen LogP contribution is 2.70. The van der Waals surface area contributed by atoms with Gasteiger partial charge in [-0.3, -0.25) is 0 Å². The number of furan rings is 1. The summed E-state index contributed by atoms with van der Waals surface area (Å²) >= 11 is 0. The highest BCUT2D eigenvalue weighted by molar-refractivity contribution is 5.86. The SMILES string of the molecule is CC1C2C(CC3C4CC=C5C[C@@H](O[C@@H]6O[C@H](CO)[C@@H](OC7O[C@@H](COC(=O)c8ccco8)[C@H](O)[C@H]7O)[C@H](O)[C@H]6OC6O[C@@H](C)[C@H](O)[C@@H](O)[C@H]6O)CC[C@]5(C)C4CC[C@@]32C)O[C@]12CC[C@@H](C)CO2. The molecule has 5 saturated heterocycles. The van der Waals surface area contributed by atoms with Crippen molar-refractivity contribution in [1.82, 2.24) is 0 Å². The third-order valence-corrected chi connectivity index (χ3v) is 18.3. The smallest absolute Gasteiger partial charge is 0.374 e.